The van der Waals surface area contributed by atoms with Gasteiger partial charge in [0.05, 0.1) is 18.3 Å². The van der Waals surface area contributed by atoms with E-state index in [1.54, 1.807) is 10.6 Å². The van der Waals surface area contributed by atoms with Gasteiger partial charge in [0.2, 0.25) is 0 Å². The maximum atomic E-state index is 9.89. The number of anilines is 1. The predicted octanol–water partition coefficient (Wildman–Crippen LogP) is 2.70. The first-order valence-corrected chi connectivity index (χ1v) is 9.08. The summed E-state index contributed by atoms with van der Waals surface area (Å²) in [7, 11) is 0. The monoisotopic (exact) mass is 364 g/mol. The molecule has 0 radical (unpaired) electrons. The fourth-order valence-corrected chi connectivity index (χ4v) is 3.99. The van der Waals surface area contributed by atoms with Gasteiger partial charge in [-0.25, -0.2) is 9.50 Å². The molecule has 7 heteroatoms. The first kappa shape index (κ1) is 16.3. The minimum Gasteiger partial charge on any atom is -0.510 e. The number of nitrogens with one attached hydrogen (secondary N) is 1. The quantitative estimate of drug-likeness (QED) is 0.659. The molecule has 3 aromatic rings. The number of benzene rings is 1. The lowest BCUT2D eigenvalue weighted by Gasteiger charge is -2.16. The first-order valence-electron chi connectivity index (χ1n) is 9.08. The van der Waals surface area contributed by atoms with E-state index in [2.05, 4.69) is 39.7 Å². The topological polar surface area (TPSA) is 91.9 Å². The number of hydrogen-bond acceptors (Lipinski definition) is 6. The summed E-state index contributed by atoms with van der Waals surface area (Å²) in [5.41, 5.74) is 4.33. The van der Waals surface area contributed by atoms with Crippen molar-refractivity contribution in [3.8, 4) is 0 Å². The zero-order valence-corrected chi connectivity index (χ0v) is 14.6. The average Bonchev–Trinajstić information content (AvgIpc) is 3.39. The summed E-state index contributed by atoms with van der Waals surface area (Å²) in [6, 6.07) is 12.6. The molecule has 0 amide bonds. The molecule has 138 valence electrons. The number of rotatable bonds is 4. The number of nitrogens with zero attached hydrogens (tertiary/aromatic N) is 3. The molecule has 3 atom stereocenters. The lowest BCUT2D eigenvalue weighted by molar-refractivity contribution is 0.00385. The number of hydrogen-bond donors (Lipinski definition) is 3. The molecule has 3 heterocycles. The average molecular weight is 364 g/mol. The largest absolute Gasteiger partial charge is 0.510 e. The van der Waals surface area contributed by atoms with Gasteiger partial charge < -0.3 is 20.3 Å². The second kappa shape index (κ2) is 6.37. The summed E-state index contributed by atoms with van der Waals surface area (Å²) < 4.78 is 7.47. The third-order valence-corrected chi connectivity index (χ3v) is 5.35. The van der Waals surface area contributed by atoms with Crippen LogP contribution in [0.5, 0.6) is 0 Å². The van der Waals surface area contributed by atoms with E-state index in [9.17, 15) is 10.2 Å². The number of ether oxygens (including phenoxy) is 1. The van der Waals surface area contributed by atoms with Gasteiger partial charge >= 0.3 is 0 Å². The van der Waals surface area contributed by atoms with Gasteiger partial charge in [0.25, 0.3) is 0 Å². The minimum atomic E-state index is -0.685. The van der Waals surface area contributed by atoms with Crippen LogP contribution in [0.1, 0.15) is 35.4 Å². The predicted molar refractivity (Wildman–Crippen MR) is 99.5 cm³/mol. The Balaban J connectivity index is 1.47. The van der Waals surface area contributed by atoms with Gasteiger partial charge in [0, 0.05) is 0 Å². The second-order valence-electron chi connectivity index (χ2n) is 6.92. The fraction of sp³-hybridized carbons (Fsp3) is 0.300. The van der Waals surface area contributed by atoms with Crippen molar-refractivity contribution >= 4 is 11.3 Å². The van der Waals surface area contributed by atoms with Gasteiger partial charge in [-0.2, -0.15) is 5.10 Å². The Morgan fingerprint density at radius 1 is 1.22 bits per heavy atom. The van der Waals surface area contributed by atoms with Crippen molar-refractivity contribution in [2.75, 3.05) is 11.9 Å². The maximum Gasteiger partial charge on any atom is 0.154 e. The summed E-state index contributed by atoms with van der Waals surface area (Å²) in [4.78, 5) is 4.44. The highest BCUT2D eigenvalue weighted by atomic mass is 16.5. The smallest absolute Gasteiger partial charge is 0.154 e. The molecule has 1 aliphatic carbocycles. The first-order chi connectivity index (χ1) is 13.2. The number of aliphatic hydroxyl groups excluding tert-OH is 2. The van der Waals surface area contributed by atoms with Crippen molar-refractivity contribution < 1.29 is 14.9 Å². The zero-order valence-electron chi connectivity index (χ0n) is 14.6. The van der Waals surface area contributed by atoms with Gasteiger partial charge in [0.15, 0.2) is 5.82 Å². The molecule has 3 N–H and O–H groups in total. The molecule has 2 aliphatic rings. The summed E-state index contributed by atoms with van der Waals surface area (Å²) >= 11 is 0. The normalized spacial score (nSPS) is 24.2. The van der Waals surface area contributed by atoms with E-state index in [1.165, 1.54) is 17.5 Å². The van der Waals surface area contributed by atoms with Crippen molar-refractivity contribution in [1.82, 2.24) is 14.6 Å². The van der Waals surface area contributed by atoms with Crippen LogP contribution in [0.4, 0.5) is 5.82 Å². The number of aliphatic hydroxyl groups is 2. The van der Waals surface area contributed by atoms with E-state index in [0.29, 0.717) is 0 Å². The Bertz CT molecular complexity index is 1030. The molecule has 0 unspecified atom stereocenters. The standard InChI is InChI=1S/C20H20N4O3/c25-10-19-17(26)9-18(27-19)15-7-8-16-20(21-11-22-24(15)16)23-14-6-5-12-3-1-2-4-13(12)14/h1-4,7-9,11,14,18-19,25-26H,5-6,10H2,(H,21,22,23)/t14-,18+,19+/m0/s1. The Morgan fingerprint density at radius 3 is 2.96 bits per heavy atom. The lowest BCUT2D eigenvalue weighted by Crippen LogP contribution is -2.16. The zero-order chi connectivity index (χ0) is 18.4. The molecule has 0 saturated carbocycles. The van der Waals surface area contributed by atoms with Crippen molar-refractivity contribution in [3.05, 3.63) is 71.4 Å². The summed E-state index contributed by atoms with van der Waals surface area (Å²) in [5.74, 6) is 0.815. The van der Waals surface area contributed by atoms with Crippen LogP contribution in [-0.2, 0) is 11.2 Å². The van der Waals surface area contributed by atoms with Gasteiger partial charge in [0.1, 0.15) is 29.8 Å². The molecule has 2 aromatic heterocycles. The van der Waals surface area contributed by atoms with E-state index >= 15 is 0 Å². The molecular weight excluding hydrogens is 344 g/mol. The Hall–Kier alpha value is -2.90. The van der Waals surface area contributed by atoms with Crippen molar-refractivity contribution in [1.29, 1.82) is 0 Å². The molecule has 0 bridgehead atoms. The summed E-state index contributed by atoms with van der Waals surface area (Å²) in [6.07, 6.45) is 4.06. The molecule has 27 heavy (non-hydrogen) atoms. The minimum absolute atomic E-state index is 0.0485. The van der Waals surface area contributed by atoms with Crippen LogP contribution in [-0.4, -0.2) is 37.5 Å². The number of aryl methyl sites for hydroxylation is 1. The van der Waals surface area contributed by atoms with Crippen LogP contribution in [0.3, 0.4) is 0 Å². The fourth-order valence-electron chi connectivity index (χ4n) is 3.99. The van der Waals surface area contributed by atoms with Crippen molar-refractivity contribution in [3.63, 3.8) is 0 Å². The highest BCUT2D eigenvalue weighted by Gasteiger charge is 2.30. The van der Waals surface area contributed by atoms with Crippen LogP contribution in [0, 0.1) is 0 Å². The maximum absolute atomic E-state index is 9.89. The van der Waals surface area contributed by atoms with Crippen molar-refractivity contribution in [2.24, 2.45) is 0 Å². The molecule has 1 aromatic carbocycles. The summed E-state index contributed by atoms with van der Waals surface area (Å²) in [6.45, 7) is -0.259. The number of fused-ring (bicyclic) bond motifs is 2. The third-order valence-electron chi connectivity index (χ3n) is 5.35. The van der Waals surface area contributed by atoms with E-state index in [0.717, 1.165) is 29.9 Å². The van der Waals surface area contributed by atoms with Crippen LogP contribution in [0.25, 0.3) is 5.52 Å². The third kappa shape index (κ3) is 2.67. The summed E-state index contributed by atoms with van der Waals surface area (Å²) in [5, 5.41) is 27.1. The Labute approximate surface area is 155 Å². The molecule has 0 spiro atoms. The van der Waals surface area contributed by atoms with E-state index in [4.69, 9.17) is 4.74 Å². The van der Waals surface area contributed by atoms with Crippen LogP contribution in [0.2, 0.25) is 0 Å². The highest BCUT2D eigenvalue weighted by Crippen LogP contribution is 2.35. The molecule has 1 aliphatic heterocycles. The van der Waals surface area contributed by atoms with Gasteiger partial charge in [-0.15, -0.1) is 0 Å². The molecule has 5 rings (SSSR count). The SMILES string of the molecule is OC[C@H]1O[C@@H](c2ccc3c(N[C@H]4CCc5ccccc54)ncnn23)C=C1O. The van der Waals surface area contributed by atoms with Gasteiger partial charge in [-0.1, -0.05) is 24.3 Å². The van der Waals surface area contributed by atoms with Gasteiger partial charge in [-0.3, -0.25) is 0 Å². The Morgan fingerprint density at radius 2 is 2.11 bits per heavy atom. The van der Waals surface area contributed by atoms with E-state index in [-0.39, 0.29) is 18.4 Å². The highest BCUT2D eigenvalue weighted by molar-refractivity contribution is 5.69. The van der Waals surface area contributed by atoms with Crippen LogP contribution in [0.15, 0.2) is 54.6 Å². The molecule has 0 fully saturated rings. The second-order valence-corrected chi connectivity index (χ2v) is 6.92. The van der Waals surface area contributed by atoms with Gasteiger partial charge in [-0.05, 0) is 42.2 Å². The van der Waals surface area contributed by atoms with Crippen molar-refractivity contribution in [2.45, 2.75) is 31.1 Å². The van der Waals surface area contributed by atoms with Crippen LogP contribution >= 0.6 is 0 Å². The number of aromatic nitrogens is 3. The van der Waals surface area contributed by atoms with E-state index in [1.807, 2.05) is 12.1 Å². The molecular formula is C20H20N4O3. The lowest BCUT2D eigenvalue weighted by atomic mass is 10.1. The van der Waals surface area contributed by atoms with E-state index < -0.39 is 12.2 Å². The molecule has 7 nitrogen and oxygen atoms in total. The molecule has 0 saturated heterocycles. The van der Waals surface area contributed by atoms with Crippen LogP contribution < -0.4 is 5.32 Å². The Kier molecular flexibility index (Phi) is 3.84.